The molecular weight excluding hydrogens is 210 g/mol. The van der Waals surface area contributed by atoms with Gasteiger partial charge < -0.3 is 20.7 Å². The molecule has 0 radical (unpaired) electrons. The van der Waals surface area contributed by atoms with Gasteiger partial charge in [-0.25, -0.2) is 4.79 Å². The van der Waals surface area contributed by atoms with Crippen molar-refractivity contribution in [3.63, 3.8) is 0 Å². The molecule has 86 valence electrons. The number of carboxylic acids is 2. The van der Waals surface area contributed by atoms with Crippen LogP contribution in [0.1, 0.15) is 37.4 Å². The Labute approximate surface area is 92.5 Å². The van der Waals surface area contributed by atoms with E-state index in [2.05, 4.69) is 0 Å². The molecule has 3 N–H and O–H groups in total. The molecule has 1 aromatic rings. The average molecular weight is 222 g/mol. The van der Waals surface area contributed by atoms with E-state index in [0.29, 0.717) is 11.1 Å². The van der Waals surface area contributed by atoms with Crippen molar-refractivity contribution in [2.24, 2.45) is 0 Å². The molecule has 0 heterocycles. The summed E-state index contributed by atoms with van der Waals surface area (Å²) in [5, 5.41) is 19.9. The fourth-order valence-corrected chi connectivity index (χ4v) is 1.76. The molecule has 0 saturated carbocycles. The van der Waals surface area contributed by atoms with Crippen molar-refractivity contribution in [3.05, 3.63) is 27.8 Å². The number of rotatable bonds is 2. The first-order chi connectivity index (χ1) is 7.29. The zero-order valence-corrected chi connectivity index (χ0v) is 9.25. The lowest BCUT2D eigenvalue weighted by Gasteiger charge is -2.18. The lowest BCUT2D eigenvalue weighted by molar-refractivity contribution is -0.255. The molecule has 0 amide bonds. The standard InChI is InChI=1S/C11H13NO4/c1-4-5(2)8(11(15)16)9(12)6(3)7(4)10(13)14/h12H2,1-3H3,(H,13,14)(H,15,16)/p-1. The fraction of sp³-hybridized carbons (Fsp3) is 0.273. The van der Waals surface area contributed by atoms with Crippen LogP contribution in [-0.4, -0.2) is 17.0 Å². The molecule has 0 bridgehead atoms. The van der Waals surface area contributed by atoms with Crippen molar-refractivity contribution in [1.82, 2.24) is 0 Å². The highest BCUT2D eigenvalue weighted by molar-refractivity contribution is 6.01. The Hall–Kier alpha value is -2.04. The first-order valence-electron chi connectivity index (χ1n) is 4.62. The first kappa shape index (κ1) is 12.0. The lowest BCUT2D eigenvalue weighted by atomic mass is 9.91. The number of carbonyl (C=O) groups excluding carboxylic acids is 1. The summed E-state index contributed by atoms with van der Waals surface area (Å²) in [4.78, 5) is 21.9. The molecule has 16 heavy (non-hydrogen) atoms. The van der Waals surface area contributed by atoms with Gasteiger partial charge >= 0.3 is 5.97 Å². The minimum Gasteiger partial charge on any atom is -0.545 e. The van der Waals surface area contributed by atoms with Gasteiger partial charge in [0.2, 0.25) is 0 Å². The summed E-state index contributed by atoms with van der Waals surface area (Å²) in [7, 11) is 0. The molecule has 0 fully saturated rings. The smallest absolute Gasteiger partial charge is 0.336 e. The van der Waals surface area contributed by atoms with Crippen molar-refractivity contribution in [2.75, 3.05) is 5.73 Å². The van der Waals surface area contributed by atoms with Gasteiger partial charge in [0.25, 0.3) is 0 Å². The number of carboxylic acid groups (broad SMARTS) is 2. The Balaban J connectivity index is 3.77. The molecule has 5 heteroatoms. The van der Waals surface area contributed by atoms with Gasteiger partial charge in [0.05, 0.1) is 11.5 Å². The van der Waals surface area contributed by atoms with E-state index < -0.39 is 11.9 Å². The summed E-state index contributed by atoms with van der Waals surface area (Å²) in [5.41, 5.74) is 6.49. The highest BCUT2D eigenvalue weighted by atomic mass is 16.4. The van der Waals surface area contributed by atoms with Crippen LogP contribution in [0.4, 0.5) is 5.69 Å². The van der Waals surface area contributed by atoms with Crippen LogP contribution in [-0.2, 0) is 0 Å². The zero-order valence-electron chi connectivity index (χ0n) is 9.25. The van der Waals surface area contributed by atoms with E-state index in [4.69, 9.17) is 10.8 Å². The third-order valence-electron chi connectivity index (χ3n) is 2.78. The van der Waals surface area contributed by atoms with Crippen LogP contribution in [0.25, 0.3) is 0 Å². The number of nitrogens with two attached hydrogens (primary N) is 1. The number of aromatic carboxylic acids is 2. The lowest BCUT2D eigenvalue weighted by Crippen LogP contribution is -2.26. The van der Waals surface area contributed by atoms with Crippen LogP contribution < -0.4 is 10.8 Å². The fourth-order valence-electron chi connectivity index (χ4n) is 1.76. The maximum atomic E-state index is 11.0. The summed E-state index contributed by atoms with van der Waals surface area (Å²) < 4.78 is 0. The summed E-state index contributed by atoms with van der Waals surface area (Å²) >= 11 is 0. The maximum Gasteiger partial charge on any atom is 0.336 e. The topological polar surface area (TPSA) is 103 Å². The van der Waals surface area contributed by atoms with E-state index in [0.717, 1.165) is 0 Å². The minimum atomic E-state index is -1.39. The van der Waals surface area contributed by atoms with E-state index in [1.807, 2.05) is 0 Å². The number of hydrogen-bond donors (Lipinski definition) is 2. The van der Waals surface area contributed by atoms with Gasteiger partial charge in [0.1, 0.15) is 0 Å². The van der Waals surface area contributed by atoms with Gasteiger partial charge in [0, 0.05) is 11.3 Å². The number of hydrogen-bond acceptors (Lipinski definition) is 4. The van der Waals surface area contributed by atoms with E-state index in [1.165, 1.54) is 13.8 Å². The number of carbonyl (C=O) groups is 2. The second kappa shape index (κ2) is 3.84. The predicted molar refractivity (Wildman–Crippen MR) is 56.4 cm³/mol. The van der Waals surface area contributed by atoms with Crippen LogP contribution in [0.5, 0.6) is 0 Å². The monoisotopic (exact) mass is 222 g/mol. The summed E-state index contributed by atoms with van der Waals surface area (Å²) in [5.74, 6) is -2.51. The Morgan fingerprint density at radius 2 is 1.50 bits per heavy atom. The maximum absolute atomic E-state index is 11.0. The van der Waals surface area contributed by atoms with E-state index in [9.17, 15) is 14.7 Å². The van der Waals surface area contributed by atoms with Gasteiger partial charge in [-0.05, 0) is 37.5 Å². The molecular formula is C11H12NO4-. The Bertz CT molecular complexity index is 417. The van der Waals surface area contributed by atoms with Crippen LogP contribution >= 0.6 is 0 Å². The minimum absolute atomic E-state index is 0.0412. The van der Waals surface area contributed by atoms with Gasteiger partial charge in [0.15, 0.2) is 0 Å². The third kappa shape index (κ3) is 1.60. The molecule has 0 unspecified atom stereocenters. The van der Waals surface area contributed by atoms with E-state index >= 15 is 0 Å². The molecule has 1 aromatic carbocycles. The van der Waals surface area contributed by atoms with Crippen molar-refractivity contribution >= 4 is 17.6 Å². The Morgan fingerprint density at radius 1 is 1.06 bits per heavy atom. The van der Waals surface area contributed by atoms with Crippen molar-refractivity contribution in [1.29, 1.82) is 0 Å². The molecule has 1 rings (SSSR count). The highest BCUT2D eigenvalue weighted by Crippen LogP contribution is 2.28. The molecule has 0 saturated heterocycles. The molecule has 0 aliphatic rings. The summed E-state index contributed by atoms with van der Waals surface area (Å²) in [6, 6.07) is 0. The number of benzene rings is 1. The Morgan fingerprint density at radius 3 is 1.88 bits per heavy atom. The largest absolute Gasteiger partial charge is 0.545 e. The number of nitrogen functional groups attached to an aromatic ring is 1. The van der Waals surface area contributed by atoms with Gasteiger partial charge in [-0.1, -0.05) is 0 Å². The summed E-state index contributed by atoms with van der Waals surface area (Å²) in [6.45, 7) is 4.55. The van der Waals surface area contributed by atoms with Gasteiger partial charge in [-0.15, -0.1) is 0 Å². The van der Waals surface area contributed by atoms with Crippen molar-refractivity contribution < 1.29 is 19.8 Å². The third-order valence-corrected chi connectivity index (χ3v) is 2.78. The van der Waals surface area contributed by atoms with E-state index in [1.54, 1.807) is 6.92 Å². The normalized spacial score (nSPS) is 10.2. The van der Waals surface area contributed by atoms with Crippen LogP contribution in [0.15, 0.2) is 0 Å². The number of anilines is 1. The van der Waals surface area contributed by atoms with E-state index in [-0.39, 0.29) is 22.4 Å². The Kier molecular flexibility index (Phi) is 2.89. The quantitative estimate of drug-likeness (QED) is 0.698. The first-order valence-corrected chi connectivity index (χ1v) is 4.62. The molecule has 0 spiro atoms. The second-order valence-corrected chi connectivity index (χ2v) is 3.63. The van der Waals surface area contributed by atoms with Gasteiger partial charge in [-0.3, -0.25) is 0 Å². The van der Waals surface area contributed by atoms with Crippen LogP contribution in [0.2, 0.25) is 0 Å². The van der Waals surface area contributed by atoms with Crippen molar-refractivity contribution in [2.45, 2.75) is 20.8 Å². The molecule has 0 atom stereocenters. The van der Waals surface area contributed by atoms with Crippen LogP contribution in [0.3, 0.4) is 0 Å². The zero-order chi connectivity index (χ0) is 12.6. The van der Waals surface area contributed by atoms with Gasteiger partial charge in [-0.2, -0.15) is 0 Å². The van der Waals surface area contributed by atoms with Crippen LogP contribution in [0, 0.1) is 20.8 Å². The predicted octanol–water partition coefficient (Wildman–Crippen LogP) is 0.256. The highest BCUT2D eigenvalue weighted by Gasteiger charge is 2.19. The average Bonchev–Trinajstić information content (AvgIpc) is 2.14. The molecule has 0 aromatic heterocycles. The second-order valence-electron chi connectivity index (χ2n) is 3.63. The SMILES string of the molecule is Cc1c(C)c(C(=O)[O-])c(N)c(C)c1C(=O)O. The molecule has 5 nitrogen and oxygen atoms in total. The van der Waals surface area contributed by atoms with Crippen molar-refractivity contribution in [3.8, 4) is 0 Å². The molecule has 0 aliphatic heterocycles. The summed E-state index contributed by atoms with van der Waals surface area (Å²) in [6.07, 6.45) is 0. The molecule has 0 aliphatic carbocycles.